The van der Waals surface area contributed by atoms with E-state index in [1.54, 1.807) is 7.11 Å². The Balaban J connectivity index is 2.02. The summed E-state index contributed by atoms with van der Waals surface area (Å²) in [5, 5.41) is 1.89. The van der Waals surface area contributed by atoms with E-state index in [2.05, 4.69) is 0 Å². The number of alkyl halides is 3. The maximum Gasteiger partial charge on any atom is 0.471 e. The van der Waals surface area contributed by atoms with E-state index in [-0.39, 0.29) is 6.54 Å². The van der Waals surface area contributed by atoms with Gasteiger partial charge in [-0.25, -0.2) is 0 Å². The van der Waals surface area contributed by atoms with Crippen LogP contribution in [-0.4, -0.2) is 25.7 Å². The molecule has 0 heterocycles. The second-order valence-corrected chi connectivity index (χ2v) is 4.79. The van der Waals surface area contributed by atoms with Crippen LogP contribution in [0.3, 0.4) is 0 Å². The molecule has 0 fully saturated rings. The minimum Gasteiger partial charge on any atom is -0.497 e. The van der Waals surface area contributed by atoms with Gasteiger partial charge >= 0.3 is 12.1 Å². The number of carbonyl (C=O) groups is 1. The van der Waals surface area contributed by atoms with E-state index >= 15 is 0 Å². The zero-order valence-corrected chi connectivity index (χ0v) is 11.6. The first-order chi connectivity index (χ1) is 9.91. The highest BCUT2D eigenvalue weighted by Gasteiger charge is 2.38. The lowest BCUT2D eigenvalue weighted by Crippen LogP contribution is -2.37. The van der Waals surface area contributed by atoms with Crippen LogP contribution in [-0.2, 0) is 11.2 Å². The van der Waals surface area contributed by atoms with Gasteiger partial charge in [0.25, 0.3) is 0 Å². The molecule has 3 nitrogen and oxygen atoms in total. The highest BCUT2D eigenvalue weighted by atomic mass is 19.4. The minimum atomic E-state index is -4.83. The number of nitrogens with one attached hydrogen (secondary N) is 1. The maximum absolute atomic E-state index is 12.1. The number of methoxy groups -OCH3 is 1. The van der Waals surface area contributed by atoms with Crippen LogP contribution < -0.4 is 10.1 Å². The molecule has 0 saturated carbocycles. The number of rotatable bonds is 4. The molecule has 1 aromatic rings. The average Bonchev–Trinajstić information content (AvgIpc) is 2.45. The van der Waals surface area contributed by atoms with Crippen molar-refractivity contribution in [1.29, 1.82) is 0 Å². The van der Waals surface area contributed by atoms with Crippen molar-refractivity contribution >= 4 is 11.5 Å². The predicted octanol–water partition coefficient (Wildman–Crippen LogP) is 3.09. The molecule has 1 N–H and O–H groups in total. The zero-order valence-electron chi connectivity index (χ0n) is 11.6. The van der Waals surface area contributed by atoms with Crippen LogP contribution >= 0.6 is 0 Å². The molecule has 0 aromatic heterocycles. The summed E-state index contributed by atoms with van der Waals surface area (Å²) in [6.07, 6.45) is -0.717. The van der Waals surface area contributed by atoms with Crippen LogP contribution in [0.1, 0.15) is 24.0 Å². The van der Waals surface area contributed by atoms with Crippen molar-refractivity contribution < 1.29 is 22.7 Å². The van der Waals surface area contributed by atoms with Crippen molar-refractivity contribution in [2.45, 2.75) is 25.4 Å². The monoisotopic (exact) mass is 299 g/mol. The molecule has 0 spiro atoms. The Labute approximate surface area is 120 Å². The average molecular weight is 299 g/mol. The topological polar surface area (TPSA) is 38.3 Å². The predicted molar refractivity (Wildman–Crippen MR) is 73.0 cm³/mol. The van der Waals surface area contributed by atoms with E-state index < -0.39 is 12.1 Å². The highest BCUT2D eigenvalue weighted by Crippen LogP contribution is 2.31. The zero-order chi connectivity index (χ0) is 15.5. The molecule has 21 heavy (non-hydrogen) atoms. The second kappa shape index (κ2) is 6.20. The van der Waals surface area contributed by atoms with Gasteiger partial charge in [0.1, 0.15) is 5.75 Å². The summed E-state index contributed by atoms with van der Waals surface area (Å²) in [6.45, 7) is -0.0408. The molecule has 1 aliphatic rings. The normalized spacial score (nSPS) is 14.2. The maximum atomic E-state index is 12.1. The van der Waals surface area contributed by atoms with Gasteiger partial charge in [0.2, 0.25) is 0 Å². The molecule has 0 saturated heterocycles. The fraction of sp³-hybridized carbons (Fsp3) is 0.400. The van der Waals surface area contributed by atoms with E-state index in [1.165, 1.54) is 0 Å². The van der Waals surface area contributed by atoms with Crippen molar-refractivity contribution in [3.63, 3.8) is 0 Å². The first-order valence-electron chi connectivity index (χ1n) is 6.63. The van der Waals surface area contributed by atoms with Gasteiger partial charge < -0.3 is 10.1 Å². The summed E-state index contributed by atoms with van der Waals surface area (Å²) >= 11 is 0. The van der Waals surface area contributed by atoms with E-state index in [9.17, 15) is 18.0 Å². The van der Waals surface area contributed by atoms with Crippen LogP contribution in [0, 0.1) is 0 Å². The summed E-state index contributed by atoms with van der Waals surface area (Å²) in [6, 6.07) is 5.72. The molecule has 0 atom stereocenters. The molecule has 0 unspecified atom stereocenters. The van der Waals surface area contributed by atoms with Gasteiger partial charge in [-0.3, -0.25) is 4.79 Å². The van der Waals surface area contributed by atoms with Crippen molar-refractivity contribution in [3.8, 4) is 5.75 Å². The fourth-order valence-electron chi connectivity index (χ4n) is 2.36. The van der Waals surface area contributed by atoms with Crippen molar-refractivity contribution in [2.75, 3.05) is 13.7 Å². The van der Waals surface area contributed by atoms with Crippen LogP contribution in [0.15, 0.2) is 24.3 Å². The molecule has 1 aromatic carbocycles. The molecular formula is C15H16F3NO2. The van der Waals surface area contributed by atoms with Crippen LogP contribution in [0.2, 0.25) is 0 Å². The lowest BCUT2D eigenvalue weighted by atomic mass is 9.89. The van der Waals surface area contributed by atoms with Crippen molar-refractivity contribution in [2.24, 2.45) is 0 Å². The summed E-state index contributed by atoms with van der Waals surface area (Å²) in [7, 11) is 1.57. The molecule has 6 heteroatoms. The molecule has 1 amide bonds. The largest absolute Gasteiger partial charge is 0.497 e. The number of ether oxygens (including phenoxy) is 1. The van der Waals surface area contributed by atoms with E-state index in [4.69, 9.17) is 4.74 Å². The minimum absolute atomic E-state index is 0.0408. The number of fused-ring (bicyclic) bond motifs is 1. The quantitative estimate of drug-likeness (QED) is 0.928. The number of aryl methyl sites for hydroxylation is 1. The molecule has 1 aliphatic carbocycles. The standard InChI is InChI=1S/C15H16F3NO2/c1-21-12-6-5-10-3-2-4-11(13(10)9-12)7-8-19-14(20)15(16,17)18/h4-6,9H,2-3,7-8H2,1H3,(H,19,20). The number of halogens is 3. The summed E-state index contributed by atoms with van der Waals surface area (Å²) in [4.78, 5) is 10.8. The fourth-order valence-corrected chi connectivity index (χ4v) is 2.36. The van der Waals surface area contributed by atoms with Gasteiger partial charge in [-0.2, -0.15) is 13.2 Å². The number of carbonyl (C=O) groups excluding carboxylic acids is 1. The molecule has 0 aliphatic heterocycles. The Hall–Kier alpha value is -1.98. The van der Waals surface area contributed by atoms with Gasteiger partial charge in [0.05, 0.1) is 7.11 Å². The van der Waals surface area contributed by atoms with Gasteiger partial charge in [0, 0.05) is 6.54 Å². The van der Waals surface area contributed by atoms with Crippen LogP contribution in [0.4, 0.5) is 13.2 Å². The molecule has 0 bridgehead atoms. The SMILES string of the molecule is COc1ccc2c(c1)C(CCNC(=O)C(F)(F)F)=CCC2. The highest BCUT2D eigenvalue weighted by molar-refractivity contribution is 5.82. The van der Waals surface area contributed by atoms with Crippen molar-refractivity contribution in [3.05, 3.63) is 35.4 Å². The number of hydrogen-bond acceptors (Lipinski definition) is 2. The number of allylic oxidation sites excluding steroid dienone is 1. The number of amides is 1. The Kier molecular flexibility index (Phi) is 4.55. The van der Waals surface area contributed by atoms with Crippen molar-refractivity contribution in [1.82, 2.24) is 5.32 Å². The first kappa shape index (κ1) is 15.4. The van der Waals surface area contributed by atoms with Gasteiger partial charge in [-0.15, -0.1) is 0 Å². The number of benzene rings is 1. The second-order valence-electron chi connectivity index (χ2n) is 4.79. The third-order valence-electron chi connectivity index (χ3n) is 3.40. The molecular weight excluding hydrogens is 283 g/mol. The lowest BCUT2D eigenvalue weighted by molar-refractivity contribution is -0.173. The smallest absolute Gasteiger partial charge is 0.471 e. The first-order valence-corrected chi connectivity index (χ1v) is 6.63. The van der Waals surface area contributed by atoms with Gasteiger partial charge in [-0.05, 0) is 48.1 Å². The van der Waals surface area contributed by atoms with E-state index in [0.29, 0.717) is 12.2 Å². The van der Waals surface area contributed by atoms with E-state index in [0.717, 1.165) is 29.5 Å². The van der Waals surface area contributed by atoms with Gasteiger partial charge in [0.15, 0.2) is 0 Å². The molecule has 114 valence electrons. The third-order valence-corrected chi connectivity index (χ3v) is 3.40. The van der Waals surface area contributed by atoms with Crippen LogP contribution in [0.5, 0.6) is 5.75 Å². The van der Waals surface area contributed by atoms with Crippen LogP contribution in [0.25, 0.3) is 5.57 Å². The summed E-state index contributed by atoms with van der Waals surface area (Å²) < 4.78 is 41.5. The lowest BCUT2D eigenvalue weighted by Gasteiger charge is -2.19. The van der Waals surface area contributed by atoms with Gasteiger partial charge in [-0.1, -0.05) is 12.1 Å². The van der Waals surface area contributed by atoms with E-state index in [1.807, 2.05) is 29.6 Å². The number of hydrogen-bond donors (Lipinski definition) is 1. The molecule has 2 rings (SSSR count). The summed E-state index contributed by atoms with van der Waals surface area (Å²) in [5.41, 5.74) is 3.08. The Bertz CT molecular complexity index is 565. The summed E-state index contributed by atoms with van der Waals surface area (Å²) in [5.74, 6) is -1.19. The Morgan fingerprint density at radius 3 is 2.81 bits per heavy atom. The Morgan fingerprint density at radius 2 is 2.14 bits per heavy atom. The molecule has 0 radical (unpaired) electrons. The third kappa shape index (κ3) is 3.77. The Morgan fingerprint density at radius 1 is 1.38 bits per heavy atom.